The molecule has 0 aliphatic heterocycles. The first kappa shape index (κ1) is 20.3. The molecule has 3 aromatic rings. The number of hydrogen-bond acceptors (Lipinski definition) is 4. The Labute approximate surface area is 170 Å². The summed E-state index contributed by atoms with van der Waals surface area (Å²) in [5, 5.41) is 4.14. The molecule has 0 spiro atoms. The Balaban J connectivity index is 1.63. The van der Waals surface area contributed by atoms with Crippen LogP contribution in [-0.2, 0) is 11.2 Å². The second-order valence-electron chi connectivity index (χ2n) is 6.61. The lowest BCUT2D eigenvalue weighted by Gasteiger charge is -2.12. The van der Waals surface area contributed by atoms with Crippen LogP contribution in [-0.4, -0.2) is 38.8 Å². The number of ether oxygens (including phenoxy) is 3. The predicted octanol–water partition coefficient (Wildman–Crippen LogP) is 3.87. The molecular formula is C23H26N2O4. The standard InChI is InChI=1S/C23H26N2O4/c1-15-17(18-7-5-6-8-19(18)25-15)11-12-24-22(26)10-9-16-13-20(27-2)23(29-4)21(14-16)28-3/h5-10,13-14,25H,11-12H2,1-4H3,(H,24,26)/b10-9+. The lowest BCUT2D eigenvalue weighted by Crippen LogP contribution is -2.23. The number of nitrogens with one attached hydrogen (secondary N) is 2. The Morgan fingerprint density at radius 1 is 1.07 bits per heavy atom. The number of rotatable bonds is 8. The Kier molecular flexibility index (Phi) is 6.44. The lowest BCUT2D eigenvalue weighted by molar-refractivity contribution is -0.116. The number of aromatic nitrogens is 1. The maximum absolute atomic E-state index is 12.2. The van der Waals surface area contributed by atoms with Crippen molar-refractivity contribution in [2.75, 3.05) is 27.9 Å². The minimum atomic E-state index is -0.156. The summed E-state index contributed by atoms with van der Waals surface area (Å²) in [7, 11) is 4.67. The molecule has 3 rings (SSSR count). The summed E-state index contributed by atoms with van der Waals surface area (Å²) in [6, 6.07) is 11.8. The maximum Gasteiger partial charge on any atom is 0.244 e. The molecule has 0 radical (unpaired) electrons. The number of hydrogen-bond donors (Lipinski definition) is 2. The van der Waals surface area contributed by atoms with Crippen LogP contribution in [0.1, 0.15) is 16.8 Å². The van der Waals surface area contributed by atoms with Crippen LogP contribution in [0.2, 0.25) is 0 Å². The highest BCUT2D eigenvalue weighted by Crippen LogP contribution is 2.38. The molecule has 1 heterocycles. The quantitative estimate of drug-likeness (QED) is 0.569. The van der Waals surface area contributed by atoms with Crippen LogP contribution in [0.3, 0.4) is 0 Å². The van der Waals surface area contributed by atoms with Crippen molar-refractivity contribution in [1.29, 1.82) is 0 Å². The van der Waals surface area contributed by atoms with Crippen molar-refractivity contribution in [2.24, 2.45) is 0 Å². The van der Waals surface area contributed by atoms with Gasteiger partial charge in [-0.2, -0.15) is 0 Å². The van der Waals surface area contributed by atoms with Gasteiger partial charge in [-0.15, -0.1) is 0 Å². The van der Waals surface area contributed by atoms with Gasteiger partial charge in [-0.3, -0.25) is 4.79 Å². The molecule has 6 nitrogen and oxygen atoms in total. The topological polar surface area (TPSA) is 72.6 Å². The van der Waals surface area contributed by atoms with E-state index in [0.29, 0.717) is 23.8 Å². The fraction of sp³-hybridized carbons (Fsp3) is 0.261. The van der Waals surface area contributed by atoms with Crippen molar-refractivity contribution < 1.29 is 19.0 Å². The average Bonchev–Trinajstić information content (AvgIpc) is 3.06. The van der Waals surface area contributed by atoms with Gasteiger partial charge in [0.25, 0.3) is 0 Å². The second-order valence-corrected chi connectivity index (χ2v) is 6.61. The van der Waals surface area contributed by atoms with E-state index in [2.05, 4.69) is 29.4 Å². The van der Waals surface area contributed by atoms with Crippen molar-refractivity contribution in [3.8, 4) is 17.2 Å². The molecule has 0 aliphatic rings. The molecule has 152 valence electrons. The second kappa shape index (κ2) is 9.19. The van der Waals surface area contributed by atoms with Gasteiger partial charge < -0.3 is 24.5 Å². The maximum atomic E-state index is 12.2. The molecule has 6 heteroatoms. The Bertz CT molecular complexity index is 1010. The molecule has 1 amide bonds. The third kappa shape index (κ3) is 4.54. The van der Waals surface area contributed by atoms with Gasteiger partial charge in [0.1, 0.15) is 0 Å². The van der Waals surface area contributed by atoms with E-state index in [9.17, 15) is 4.79 Å². The largest absolute Gasteiger partial charge is 0.493 e. The first-order chi connectivity index (χ1) is 14.1. The van der Waals surface area contributed by atoms with Gasteiger partial charge in [0.05, 0.1) is 21.3 Å². The van der Waals surface area contributed by atoms with E-state index in [-0.39, 0.29) is 5.91 Å². The third-order valence-corrected chi connectivity index (χ3v) is 4.82. The zero-order chi connectivity index (χ0) is 20.8. The fourth-order valence-corrected chi connectivity index (χ4v) is 3.40. The van der Waals surface area contributed by atoms with Crippen molar-refractivity contribution in [3.05, 3.63) is 59.3 Å². The summed E-state index contributed by atoms with van der Waals surface area (Å²) < 4.78 is 16.0. The SMILES string of the molecule is COc1cc(/C=C/C(=O)NCCc2c(C)[nH]c3ccccc23)cc(OC)c1OC. The zero-order valence-corrected chi connectivity index (χ0v) is 17.2. The van der Waals surface area contributed by atoms with Gasteiger partial charge in [-0.1, -0.05) is 18.2 Å². The molecule has 0 saturated carbocycles. The average molecular weight is 394 g/mol. The van der Waals surface area contributed by atoms with Crippen molar-refractivity contribution in [1.82, 2.24) is 10.3 Å². The fourth-order valence-electron chi connectivity index (χ4n) is 3.40. The van der Waals surface area contributed by atoms with E-state index in [0.717, 1.165) is 23.2 Å². The van der Waals surface area contributed by atoms with Gasteiger partial charge in [0.2, 0.25) is 11.7 Å². The number of aryl methyl sites for hydroxylation is 1. The molecule has 0 atom stereocenters. The van der Waals surface area contributed by atoms with Crippen LogP contribution in [0.15, 0.2) is 42.5 Å². The van der Waals surface area contributed by atoms with Crippen LogP contribution >= 0.6 is 0 Å². The molecule has 29 heavy (non-hydrogen) atoms. The highest BCUT2D eigenvalue weighted by Gasteiger charge is 2.12. The van der Waals surface area contributed by atoms with Crippen molar-refractivity contribution >= 4 is 22.9 Å². The van der Waals surface area contributed by atoms with Crippen LogP contribution < -0.4 is 19.5 Å². The number of benzene rings is 2. The van der Waals surface area contributed by atoms with Crippen LogP contribution in [0.25, 0.3) is 17.0 Å². The number of aromatic amines is 1. The summed E-state index contributed by atoms with van der Waals surface area (Å²) >= 11 is 0. The van der Waals surface area contributed by atoms with Gasteiger partial charge in [-0.25, -0.2) is 0 Å². The number of fused-ring (bicyclic) bond motifs is 1. The van der Waals surface area contributed by atoms with Crippen molar-refractivity contribution in [2.45, 2.75) is 13.3 Å². The number of methoxy groups -OCH3 is 3. The van der Waals surface area contributed by atoms with E-state index < -0.39 is 0 Å². The number of carbonyl (C=O) groups excluding carboxylic acids is 1. The molecule has 0 bridgehead atoms. The Morgan fingerprint density at radius 3 is 2.41 bits per heavy atom. The van der Waals surface area contributed by atoms with Crippen LogP contribution in [0.4, 0.5) is 0 Å². The Morgan fingerprint density at radius 2 is 1.76 bits per heavy atom. The van der Waals surface area contributed by atoms with E-state index in [1.54, 1.807) is 39.5 Å². The summed E-state index contributed by atoms with van der Waals surface area (Å²) in [5.74, 6) is 1.45. The van der Waals surface area contributed by atoms with E-state index in [1.807, 2.05) is 12.1 Å². The normalized spacial score (nSPS) is 11.0. The van der Waals surface area contributed by atoms with E-state index >= 15 is 0 Å². The molecule has 0 unspecified atom stereocenters. The highest BCUT2D eigenvalue weighted by atomic mass is 16.5. The first-order valence-electron chi connectivity index (χ1n) is 9.39. The summed E-state index contributed by atoms with van der Waals surface area (Å²) in [4.78, 5) is 15.6. The highest BCUT2D eigenvalue weighted by molar-refractivity contribution is 5.92. The summed E-state index contributed by atoms with van der Waals surface area (Å²) in [6.45, 7) is 2.61. The minimum absolute atomic E-state index is 0.156. The summed E-state index contributed by atoms with van der Waals surface area (Å²) in [6.07, 6.45) is 3.99. The third-order valence-electron chi connectivity index (χ3n) is 4.82. The van der Waals surface area contributed by atoms with Gasteiger partial charge >= 0.3 is 0 Å². The molecular weight excluding hydrogens is 368 g/mol. The molecule has 1 aromatic heterocycles. The zero-order valence-electron chi connectivity index (χ0n) is 17.2. The molecule has 2 N–H and O–H groups in total. The van der Waals surface area contributed by atoms with Crippen molar-refractivity contribution in [3.63, 3.8) is 0 Å². The van der Waals surface area contributed by atoms with Gasteiger partial charge in [0.15, 0.2) is 11.5 Å². The monoisotopic (exact) mass is 394 g/mol. The summed E-state index contributed by atoms with van der Waals surface area (Å²) in [5.41, 5.74) is 4.26. The van der Waals surface area contributed by atoms with Crippen LogP contribution in [0.5, 0.6) is 17.2 Å². The van der Waals surface area contributed by atoms with Gasteiger partial charge in [-0.05, 0) is 48.7 Å². The smallest absolute Gasteiger partial charge is 0.244 e. The van der Waals surface area contributed by atoms with E-state index in [1.165, 1.54) is 17.0 Å². The number of carbonyl (C=O) groups is 1. The molecule has 0 fully saturated rings. The Hall–Kier alpha value is -3.41. The number of H-pyrrole nitrogens is 1. The minimum Gasteiger partial charge on any atom is -0.493 e. The van der Waals surface area contributed by atoms with Crippen LogP contribution in [0, 0.1) is 6.92 Å². The lowest BCUT2D eigenvalue weighted by atomic mass is 10.1. The number of para-hydroxylation sites is 1. The number of amides is 1. The molecule has 0 saturated heterocycles. The predicted molar refractivity (Wildman–Crippen MR) is 115 cm³/mol. The van der Waals surface area contributed by atoms with Gasteiger partial charge in [0, 0.05) is 29.2 Å². The van der Waals surface area contributed by atoms with E-state index in [4.69, 9.17) is 14.2 Å². The molecule has 2 aromatic carbocycles. The first-order valence-corrected chi connectivity index (χ1v) is 9.39. The molecule has 0 aliphatic carbocycles.